The Morgan fingerprint density at radius 2 is 1.86 bits per heavy atom. The fraction of sp³-hybridized carbons (Fsp3) is 0.100. The van der Waals surface area contributed by atoms with Crippen molar-refractivity contribution in [1.82, 2.24) is 4.98 Å². The van der Waals surface area contributed by atoms with Crippen molar-refractivity contribution in [2.75, 3.05) is 0 Å². The van der Waals surface area contributed by atoms with Gasteiger partial charge in [-0.15, -0.1) is 0 Å². The maximum Gasteiger partial charge on any atom is 0.312 e. The lowest BCUT2D eigenvalue weighted by molar-refractivity contribution is -0.181. The Kier molecular flexibility index (Phi) is 2.30. The molecular weight excluding hydrogens is 182 g/mol. The van der Waals surface area contributed by atoms with E-state index in [2.05, 4.69) is 9.72 Å². The zero-order valence-electron chi connectivity index (χ0n) is 7.29. The van der Waals surface area contributed by atoms with E-state index in [0.29, 0.717) is 0 Å². The number of para-hydroxylation sites is 1. The van der Waals surface area contributed by atoms with Crippen molar-refractivity contribution in [2.45, 2.75) is 6.48 Å². The smallest absolute Gasteiger partial charge is 0.312 e. The average molecular weight is 191 g/mol. The maximum absolute atomic E-state index is 8.57. The summed E-state index contributed by atoms with van der Waals surface area (Å²) in [5.74, 6) is 0.193. The number of benzene rings is 1. The van der Waals surface area contributed by atoms with Crippen molar-refractivity contribution in [3.63, 3.8) is 0 Å². The van der Waals surface area contributed by atoms with Gasteiger partial charge in [0.25, 0.3) is 0 Å². The van der Waals surface area contributed by atoms with Gasteiger partial charge in [0, 0.05) is 11.5 Å². The van der Waals surface area contributed by atoms with Crippen LogP contribution in [0.25, 0.3) is 10.9 Å². The zero-order chi connectivity index (χ0) is 9.97. The van der Waals surface area contributed by atoms with Gasteiger partial charge in [0.2, 0.25) is 5.88 Å². The Hall–Kier alpha value is -1.65. The quantitative estimate of drug-likeness (QED) is 0.692. The molecule has 0 saturated carbocycles. The monoisotopic (exact) mass is 191 g/mol. The van der Waals surface area contributed by atoms with Gasteiger partial charge in [0.15, 0.2) is 0 Å². The Balaban J connectivity index is 2.41. The van der Waals surface area contributed by atoms with Gasteiger partial charge in [0.1, 0.15) is 0 Å². The number of fused-ring (bicyclic) bond motifs is 1. The second kappa shape index (κ2) is 3.61. The molecule has 0 radical (unpaired) electrons. The molecule has 2 rings (SSSR count). The van der Waals surface area contributed by atoms with Crippen LogP contribution in [0.5, 0.6) is 5.88 Å². The highest BCUT2D eigenvalue weighted by Crippen LogP contribution is 2.16. The molecule has 0 unspecified atom stereocenters. The van der Waals surface area contributed by atoms with Crippen LogP contribution in [-0.4, -0.2) is 21.7 Å². The van der Waals surface area contributed by atoms with E-state index in [1.807, 2.05) is 24.3 Å². The highest BCUT2D eigenvalue weighted by molar-refractivity contribution is 5.78. The van der Waals surface area contributed by atoms with Gasteiger partial charge in [-0.1, -0.05) is 18.2 Å². The van der Waals surface area contributed by atoms with Crippen molar-refractivity contribution >= 4 is 10.9 Å². The van der Waals surface area contributed by atoms with Crippen LogP contribution in [0.2, 0.25) is 0 Å². The summed E-state index contributed by atoms with van der Waals surface area (Å²) >= 11 is 0. The van der Waals surface area contributed by atoms with E-state index in [-0.39, 0.29) is 5.88 Å². The lowest BCUT2D eigenvalue weighted by Crippen LogP contribution is -2.14. The molecule has 2 N–H and O–H groups in total. The molecule has 0 bridgehead atoms. The molecule has 0 amide bonds. The molecule has 0 saturated heterocycles. The number of aliphatic hydroxyl groups excluding tert-OH is 1. The number of rotatable bonds is 2. The fourth-order valence-electron chi connectivity index (χ4n) is 1.22. The summed E-state index contributed by atoms with van der Waals surface area (Å²) in [5.41, 5.74) is 0.755. The lowest BCUT2D eigenvalue weighted by atomic mass is 10.2. The summed E-state index contributed by atoms with van der Waals surface area (Å²) in [6, 6.07) is 10.9. The number of pyridine rings is 1. The molecule has 4 heteroatoms. The van der Waals surface area contributed by atoms with Crippen molar-refractivity contribution in [3.8, 4) is 5.88 Å². The van der Waals surface area contributed by atoms with Gasteiger partial charge in [-0.2, -0.15) is 0 Å². The topological polar surface area (TPSA) is 62.6 Å². The summed E-state index contributed by atoms with van der Waals surface area (Å²) < 4.78 is 4.62. The summed E-state index contributed by atoms with van der Waals surface area (Å²) in [5, 5.41) is 18.1. The largest absolute Gasteiger partial charge is 0.424 e. The molecule has 2 aromatic rings. The van der Waals surface area contributed by atoms with Crippen LogP contribution in [0.3, 0.4) is 0 Å². The van der Waals surface area contributed by atoms with E-state index in [4.69, 9.17) is 10.2 Å². The minimum atomic E-state index is -1.83. The first-order valence-electron chi connectivity index (χ1n) is 4.14. The normalized spacial score (nSPS) is 10.8. The molecule has 0 spiro atoms. The third-order valence-corrected chi connectivity index (χ3v) is 1.80. The third-order valence-electron chi connectivity index (χ3n) is 1.80. The van der Waals surface area contributed by atoms with Crippen LogP contribution in [0.4, 0.5) is 0 Å². The van der Waals surface area contributed by atoms with Gasteiger partial charge < -0.3 is 14.9 Å². The van der Waals surface area contributed by atoms with Crippen molar-refractivity contribution in [1.29, 1.82) is 0 Å². The summed E-state index contributed by atoms with van der Waals surface area (Å²) in [4.78, 5) is 4.07. The van der Waals surface area contributed by atoms with E-state index < -0.39 is 6.48 Å². The highest BCUT2D eigenvalue weighted by Gasteiger charge is 2.02. The molecule has 0 aliphatic rings. The number of hydrogen-bond donors (Lipinski definition) is 2. The summed E-state index contributed by atoms with van der Waals surface area (Å²) in [6.45, 7) is -1.83. The van der Waals surface area contributed by atoms with Crippen LogP contribution in [-0.2, 0) is 0 Å². The van der Waals surface area contributed by atoms with Crippen LogP contribution in [0, 0.1) is 0 Å². The standard InChI is InChI=1S/C10H9NO3/c12-10(13)14-9-6-5-7-3-1-2-4-8(7)11-9/h1-6,10,12-13H. The van der Waals surface area contributed by atoms with Crippen molar-refractivity contribution in [3.05, 3.63) is 36.4 Å². The summed E-state index contributed by atoms with van der Waals surface area (Å²) in [7, 11) is 0. The number of aliphatic hydroxyl groups is 2. The van der Waals surface area contributed by atoms with Crippen molar-refractivity contribution < 1.29 is 14.9 Å². The fourth-order valence-corrected chi connectivity index (χ4v) is 1.22. The Morgan fingerprint density at radius 1 is 1.07 bits per heavy atom. The van der Waals surface area contributed by atoms with Crippen LogP contribution in [0.1, 0.15) is 0 Å². The Labute approximate surface area is 80.4 Å². The van der Waals surface area contributed by atoms with Gasteiger partial charge in [-0.05, 0) is 12.1 Å². The van der Waals surface area contributed by atoms with Crippen LogP contribution < -0.4 is 4.74 Å². The minimum Gasteiger partial charge on any atom is -0.424 e. The first-order chi connectivity index (χ1) is 6.75. The number of nitrogens with zero attached hydrogens (tertiary/aromatic N) is 1. The van der Waals surface area contributed by atoms with Crippen LogP contribution in [0.15, 0.2) is 36.4 Å². The lowest BCUT2D eigenvalue weighted by Gasteiger charge is -2.06. The second-order valence-electron chi connectivity index (χ2n) is 2.79. The predicted octanol–water partition coefficient (Wildman–Crippen LogP) is 0.882. The summed E-state index contributed by atoms with van der Waals surface area (Å²) in [6.07, 6.45) is 0. The van der Waals surface area contributed by atoms with Crippen molar-refractivity contribution in [2.24, 2.45) is 0 Å². The van der Waals surface area contributed by atoms with Crippen LogP contribution >= 0.6 is 0 Å². The molecule has 1 aromatic heterocycles. The van der Waals surface area contributed by atoms with E-state index >= 15 is 0 Å². The Morgan fingerprint density at radius 3 is 2.64 bits per heavy atom. The van der Waals surface area contributed by atoms with Gasteiger partial charge in [-0.3, -0.25) is 0 Å². The average Bonchev–Trinajstić information content (AvgIpc) is 2.17. The third kappa shape index (κ3) is 1.81. The number of aromatic nitrogens is 1. The molecule has 1 heterocycles. The minimum absolute atomic E-state index is 0.193. The molecule has 0 fully saturated rings. The van der Waals surface area contributed by atoms with E-state index in [1.54, 1.807) is 12.1 Å². The van der Waals surface area contributed by atoms with Gasteiger partial charge in [0.05, 0.1) is 5.52 Å². The first kappa shape index (κ1) is 8.93. The molecule has 0 atom stereocenters. The maximum atomic E-state index is 8.57. The zero-order valence-corrected chi connectivity index (χ0v) is 7.29. The number of hydrogen-bond acceptors (Lipinski definition) is 4. The van der Waals surface area contributed by atoms with E-state index in [1.165, 1.54) is 0 Å². The molecule has 14 heavy (non-hydrogen) atoms. The second-order valence-corrected chi connectivity index (χ2v) is 2.79. The van der Waals surface area contributed by atoms with E-state index in [9.17, 15) is 0 Å². The van der Waals surface area contributed by atoms with E-state index in [0.717, 1.165) is 10.9 Å². The van der Waals surface area contributed by atoms with Gasteiger partial charge in [-0.25, -0.2) is 4.98 Å². The molecule has 4 nitrogen and oxygen atoms in total. The number of ether oxygens (including phenoxy) is 1. The molecule has 72 valence electrons. The molecule has 0 aliphatic heterocycles. The SMILES string of the molecule is OC(O)Oc1ccc2ccccc2n1. The van der Waals surface area contributed by atoms with Gasteiger partial charge >= 0.3 is 6.48 Å². The molecular formula is C10H9NO3. The molecule has 1 aromatic carbocycles. The molecule has 0 aliphatic carbocycles. The predicted molar refractivity (Wildman–Crippen MR) is 50.6 cm³/mol. The first-order valence-corrected chi connectivity index (χ1v) is 4.14. The highest BCUT2D eigenvalue weighted by atomic mass is 16.7. The Bertz CT molecular complexity index is 442.